The summed E-state index contributed by atoms with van der Waals surface area (Å²) in [6.07, 6.45) is 1.63. The van der Waals surface area contributed by atoms with Crippen molar-refractivity contribution in [2.75, 3.05) is 11.1 Å². The van der Waals surface area contributed by atoms with E-state index in [1.54, 1.807) is 12.3 Å². The summed E-state index contributed by atoms with van der Waals surface area (Å²) >= 11 is 12.2. The molecule has 2 aromatic carbocycles. The summed E-state index contributed by atoms with van der Waals surface area (Å²) in [4.78, 5) is 8.73. The number of nitrogens with two attached hydrogens (primary N) is 1. The van der Waals surface area contributed by atoms with Gasteiger partial charge in [-0.05, 0) is 41.5 Å². The van der Waals surface area contributed by atoms with Crippen LogP contribution in [0.3, 0.4) is 0 Å². The SMILES string of the molecule is Nc1nc(NCc2ccco2)c2c(-c3ccc(Cl)c(Cl)c3)cccc2n1. The van der Waals surface area contributed by atoms with Gasteiger partial charge in [0, 0.05) is 0 Å². The molecule has 26 heavy (non-hydrogen) atoms. The zero-order chi connectivity index (χ0) is 18.1. The molecule has 4 rings (SSSR count). The van der Waals surface area contributed by atoms with E-state index in [0.29, 0.717) is 22.4 Å². The van der Waals surface area contributed by atoms with Crippen molar-refractivity contribution in [1.82, 2.24) is 9.97 Å². The lowest BCUT2D eigenvalue weighted by atomic mass is 10.0. The summed E-state index contributed by atoms with van der Waals surface area (Å²) < 4.78 is 5.37. The molecule has 0 unspecified atom stereocenters. The number of nitrogens with zero attached hydrogens (tertiary/aromatic N) is 2. The molecule has 130 valence electrons. The number of hydrogen-bond acceptors (Lipinski definition) is 5. The molecule has 7 heteroatoms. The minimum absolute atomic E-state index is 0.200. The first-order valence-corrected chi connectivity index (χ1v) is 8.65. The lowest BCUT2D eigenvalue weighted by Crippen LogP contribution is -2.05. The molecule has 2 aromatic heterocycles. The number of aromatic nitrogens is 2. The van der Waals surface area contributed by atoms with Crippen LogP contribution in [0.5, 0.6) is 0 Å². The highest BCUT2D eigenvalue weighted by atomic mass is 35.5. The Labute approximate surface area is 159 Å². The van der Waals surface area contributed by atoms with E-state index in [1.807, 2.05) is 42.5 Å². The van der Waals surface area contributed by atoms with Gasteiger partial charge in [0.05, 0.1) is 33.8 Å². The van der Waals surface area contributed by atoms with Gasteiger partial charge in [-0.3, -0.25) is 0 Å². The fourth-order valence-corrected chi connectivity index (χ4v) is 3.12. The Morgan fingerprint density at radius 1 is 1.00 bits per heavy atom. The maximum atomic E-state index is 6.20. The molecule has 0 aliphatic heterocycles. The first kappa shape index (κ1) is 16.7. The molecule has 0 saturated carbocycles. The predicted molar refractivity (Wildman–Crippen MR) is 105 cm³/mol. The lowest BCUT2D eigenvalue weighted by molar-refractivity contribution is 0.518. The maximum absolute atomic E-state index is 6.20. The van der Waals surface area contributed by atoms with Crippen molar-refractivity contribution in [3.63, 3.8) is 0 Å². The minimum Gasteiger partial charge on any atom is -0.467 e. The summed E-state index contributed by atoms with van der Waals surface area (Å²) in [5.41, 5.74) is 8.47. The van der Waals surface area contributed by atoms with E-state index in [4.69, 9.17) is 33.4 Å². The molecule has 0 amide bonds. The molecule has 0 atom stereocenters. The van der Waals surface area contributed by atoms with Gasteiger partial charge in [-0.25, -0.2) is 4.98 Å². The number of anilines is 2. The molecule has 0 saturated heterocycles. The first-order valence-electron chi connectivity index (χ1n) is 7.90. The fourth-order valence-electron chi connectivity index (χ4n) is 2.82. The second kappa shape index (κ2) is 6.86. The summed E-state index contributed by atoms with van der Waals surface area (Å²) in [7, 11) is 0. The van der Waals surface area contributed by atoms with Crippen LogP contribution >= 0.6 is 23.2 Å². The molecule has 0 aliphatic rings. The Hall–Kier alpha value is -2.76. The number of nitrogen functional groups attached to an aromatic ring is 1. The monoisotopic (exact) mass is 384 g/mol. The van der Waals surface area contributed by atoms with E-state index in [1.165, 1.54) is 0 Å². The van der Waals surface area contributed by atoms with Gasteiger partial charge in [-0.15, -0.1) is 0 Å². The van der Waals surface area contributed by atoms with Gasteiger partial charge < -0.3 is 15.5 Å². The van der Waals surface area contributed by atoms with Crippen LogP contribution in [0.4, 0.5) is 11.8 Å². The summed E-state index contributed by atoms with van der Waals surface area (Å²) in [6, 6.07) is 15.0. The topological polar surface area (TPSA) is 77.0 Å². The van der Waals surface area contributed by atoms with Gasteiger partial charge >= 0.3 is 0 Å². The van der Waals surface area contributed by atoms with E-state index in [9.17, 15) is 0 Å². The van der Waals surface area contributed by atoms with Crippen LogP contribution in [-0.2, 0) is 6.54 Å². The molecule has 0 radical (unpaired) electrons. The third-order valence-corrected chi connectivity index (χ3v) is 4.72. The van der Waals surface area contributed by atoms with E-state index >= 15 is 0 Å². The number of halogens is 2. The van der Waals surface area contributed by atoms with Crippen LogP contribution in [0, 0.1) is 0 Å². The van der Waals surface area contributed by atoms with Crippen molar-refractivity contribution in [2.45, 2.75) is 6.54 Å². The normalized spacial score (nSPS) is 11.0. The average molecular weight is 385 g/mol. The first-order chi connectivity index (χ1) is 12.6. The van der Waals surface area contributed by atoms with E-state index < -0.39 is 0 Å². The molecule has 5 nitrogen and oxygen atoms in total. The molecule has 4 aromatic rings. The Morgan fingerprint density at radius 2 is 1.88 bits per heavy atom. The number of nitrogens with one attached hydrogen (secondary N) is 1. The van der Waals surface area contributed by atoms with Gasteiger partial charge in [0.25, 0.3) is 0 Å². The highest BCUT2D eigenvalue weighted by molar-refractivity contribution is 6.42. The van der Waals surface area contributed by atoms with Crippen molar-refractivity contribution < 1.29 is 4.42 Å². The van der Waals surface area contributed by atoms with E-state index in [2.05, 4.69) is 15.3 Å². The standard InChI is InChI=1S/C19H14Cl2N4O/c20-14-7-6-11(9-15(14)21)13-4-1-5-16-17(13)18(25-19(22)24-16)23-10-12-3-2-8-26-12/h1-9H,10H2,(H3,22,23,24,25). The number of rotatable bonds is 4. The quantitative estimate of drug-likeness (QED) is 0.493. The van der Waals surface area contributed by atoms with Gasteiger partial charge in [-0.2, -0.15) is 4.98 Å². The van der Waals surface area contributed by atoms with Gasteiger partial charge in [0.1, 0.15) is 11.6 Å². The molecule has 0 spiro atoms. The van der Waals surface area contributed by atoms with E-state index in [0.717, 1.165) is 27.8 Å². The van der Waals surface area contributed by atoms with Gasteiger partial charge in [-0.1, -0.05) is 41.4 Å². The number of furan rings is 1. The highest BCUT2D eigenvalue weighted by Gasteiger charge is 2.13. The number of benzene rings is 2. The Morgan fingerprint density at radius 3 is 2.65 bits per heavy atom. The predicted octanol–water partition coefficient (Wildman–Crippen LogP) is 5.39. The van der Waals surface area contributed by atoms with E-state index in [-0.39, 0.29) is 5.95 Å². The molecule has 0 aliphatic carbocycles. The Balaban J connectivity index is 1.86. The van der Waals surface area contributed by atoms with Crippen LogP contribution in [0.15, 0.2) is 59.2 Å². The lowest BCUT2D eigenvalue weighted by Gasteiger charge is -2.13. The maximum Gasteiger partial charge on any atom is 0.222 e. The van der Waals surface area contributed by atoms with Crippen molar-refractivity contribution >= 4 is 45.9 Å². The van der Waals surface area contributed by atoms with Crippen molar-refractivity contribution in [3.8, 4) is 11.1 Å². The van der Waals surface area contributed by atoms with Crippen LogP contribution in [0.2, 0.25) is 10.0 Å². The van der Waals surface area contributed by atoms with Crippen molar-refractivity contribution in [3.05, 3.63) is 70.6 Å². The van der Waals surface area contributed by atoms with Crippen LogP contribution in [0.25, 0.3) is 22.0 Å². The Kier molecular flexibility index (Phi) is 4.41. The smallest absolute Gasteiger partial charge is 0.222 e. The highest BCUT2D eigenvalue weighted by Crippen LogP contribution is 2.35. The number of fused-ring (bicyclic) bond motifs is 1. The second-order valence-electron chi connectivity index (χ2n) is 5.69. The zero-order valence-electron chi connectivity index (χ0n) is 13.5. The zero-order valence-corrected chi connectivity index (χ0v) is 15.1. The van der Waals surface area contributed by atoms with Gasteiger partial charge in [0.15, 0.2) is 0 Å². The Bertz CT molecular complexity index is 1080. The third-order valence-electron chi connectivity index (χ3n) is 3.98. The molecular weight excluding hydrogens is 371 g/mol. The largest absolute Gasteiger partial charge is 0.467 e. The second-order valence-corrected chi connectivity index (χ2v) is 6.51. The molecule has 2 heterocycles. The molecule has 0 fully saturated rings. The molecular formula is C19H14Cl2N4O. The summed E-state index contributed by atoms with van der Waals surface area (Å²) in [5.74, 6) is 1.62. The molecule has 3 N–H and O–H groups in total. The van der Waals surface area contributed by atoms with Crippen molar-refractivity contribution in [1.29, 1.82) is 0 Å². The fraction of sp³-hybridized carbons (Fsp3) is 0.0526. The minimum atomic E-state index is 0.200. The summed E-state index contributed by atoms with van der Waals surface area (Å²) in [6.45, 7) is 0.480. The summed E-state index contributed by atoms with van der Waals surface area (Å²) in [5, 5.41) is 5.13. The van der Waals surface area contributed by atoms with Crippen LogP contribution in [-0.4, -0.2) is 9.97 Å². The average Bonchev–Trinajstić information content (AvgIpc) is 3.15. The van der Waals surface area contributed by atoms with Crippen molar-refractivity contribution in [2.24, 2.45) is 0 Å². The third kappa shape index (κ3) is 3.19. The van der Waals surface area contributed by atoms with Crippen LogP contribution in [0.1, 0.15) is 5.76 Å². The number of hydrogen-bond donors (Lipinski definition) is 2. The van der Waals surface area contributed by atoms with Gasteiger partial charge in [0.2, 0.25) is 5.95 Å². The molecule has 0 bridgehead atoms. The van der Waals surface area contributed by atoms with Crippen LogP contribution < -0.4 is 11.1 Å².